The second-order valence-corrected chi connectivity index (χ2v) is 2.37. The van der Waals surface area contributed by atoms with Crippen LogP contribution in [0, 0.1) is 0 Å². The molecule has 0 aliphatic carbocycles. The molecule has 0 bridgehead atoms. The number of hydrogen-bond acceptors (Lipinski definition) is 2. The molecule has 0 saturated carbocycles. The van der Waals surface area contributed by atoms with Crippen molar-refractivity contribution in [2.75, 3.05) is 0 Å². The van der Waals surface area contributed by atoms with E-state index >= 15 is 0 Å². The summed E-state index contributed by atoms with van der Waals surface area (Å²) in [7, 11) is 1.56. The number of imidazole rings is 1. The van der Waals surface area contributed by atoms with Crippen LogP contribution in [0.1, 0.15) is 0 Å². The number of aromatic hydroxyl groups is 1. The molecule has 1 aromatic heterocycles. The zero-order valence-electron chi connectivity index (χ0n) is 4.71. The van der Waals surface area contributed by atoms with Crippen molar-refractivity contribution in [2.45, 2.75) is 0 Å². The molecular weight excluding hydrogens is 188 g/mol. The quantitative estimate of drug-likeness (QED) is 0.632. The number of aryl methyl sites for hydroxylation is 1. The average molecular weight is 193 g/mol. The highest BCUT2D eigenvalue weighted by Gasteiger charge is 2.02. The van der Waals surface area contributed by atoms with E-state index in [0.29, 0.717) is 0 Å². The third-order valence-corrected chi connectivity index (χ3v) is 1.65. The highest BCUT2D eigenvalue weighted by molar-refractivity contribution is 9.08. The normalized spacial score (nSPS) is 10.0. The van der Waals surface area contributed by atoms with Crippen molar-refractivity contribution in [3.63, 3.8) is 0 Å². The molecule has 5 heteroatoms. The summed E-state index contributed by atoms with van der Waals surface area (Å²) in [5, 5.41) is 8.82. The van der Waals surface area contributed by atoms with Crippen molar-refractivity contribution in [3.8, 4) is 5.88 Å². The summed E-state index contributed by atoms with van der Waals surface area (Å²) < 4.78 is 2.25. The Hall–Kier alpha value is -0.710. The molecule has 0 unspecified atom stereocenters. The van der Waals surface area contributed by atoms with E-state index in [1.54, 1.807) is 7.05 Å². The van der Waals surface area contributed by atoms with Crippen LogP contribution < -0.4 is 5.69 Å². The lowest BCUT2D eigenvalue weighted by Gasteiger charge is -1.82. The minimum Gasteiger partial charge on any atom is -0.493 e. The number of hydrogen-bond donors (Lipinski definition) is 1. The largest absolute Gasteiger partial charge is 0.493 e. The zero-order chi connectivity index (χ0) is 7.02. The van der Waals surface area contributed by atoms with Crippen LogP contribution in [0.3, 0.4) is 0 Å². The van der Waals surface area contributed by atoms with Crippen LogP contribution in [-0.2, 0) is 7.05 Å². The number of rotatable bonds is 0. The fourth-order valence-electron chi connectivity index (χ4n) is 0.516. The van der Waals surface area contributed by atoms with E-state index in [4.69, 9.17) is 5.11 Å². The smallest absolute Gasteiger partial charge is 0.341 e. The molecule has 1 rings (SSSR count). The van der Waals surface area contributed by atoms with Crippen LogP contribution in [-0.4, -0.2) is 13.3 Å². The van der Waals surface area contributed by atoms with Gasteiger partial charge in [0.05, 0.1) is 22.3 Å². The molecule has 0 aliphatic rings. The molecule has 0 atom stereocenters. The molecule has 0 amide bonds. The summed E-state index contributed by atoms with van der Waals surface area (Å²) in [5.41, 5.74) is -0.299. The van der Waals surface area contributed by atoms with Gasteiger partial charge in [-0.15, -0.1) is 0 Å². The van der Waals surface area contributed by atoms with Gasteiger partial charge in [-0.05, 0) is 0 Å². The first kappa shape index (κ1) is 6.41. The van der Waals surface area contributed by atoms with Gasteiger partial charge in [0.15, 0.2) is 0 Å². The van der Waals surface area contributed by atoms with E-state index in [0.717, 1.165) is 3.59 Å². The first-order valence-corrected chi connectivity index (χ1v) is 2.97. The van der Waals surface area contributed by atoms with Gasteiger partial charge in [-0.2, -0.15) is 3.59 Å². The van der Waals surface area contributed by atoms with Gasteiger partial charge in [-0.1, -0.05) is 0 Å². The predicted molar refractivity (Wildman–Crippen MR) is 35.7 cm³/mol. The topological polar surface area (TPSA) is 47.2 Å². The molecule has 0 aromatic carbocycles. The zero-order valence-corrected chi connectivity index (χ0v) is 6.29. The maximum absolute atomic E-state index is 10.7. The summed E-state index contributed by atoms with van der Waals surface area (Å²) in [6.07, 6.45) is 1.32. The van der Waals surface area contributed by atoms with Crippen LogP contribution in [0.2, 0.25) is 0 Å². The van der Waals surface area contributed by atoms with Crippen LogP contribution in [0.25, 0.3) is 0 Å². The first-order chi connectivity index (χ1) is 4.13. The van der Waals surface area contributed by atoms with Crippen molar-refractivity contribution in [2.24, 2.45) is 7.05 Å². The summed E-state index contributed by atoms with van der Waals surface area (Å²) in [4.78, 5) is 10.7. The first-order valence-electron chi connectivity index (χ1n) is 2.26. The van der Waals surface area contributed by atoms with Crippen molar-refractivity contribution in [1.82, 2.24) is 8.16 Å². The molecule has 0 radical (unpaired) electrons. The monoisotopic (exact) mass is 192 g/mol. The van der Waals surface area contributed by atoms with Gasteiger partial charge in [0.1, 0.15) is 0 Å². The molecule has 0 saturated heterocycles. The minimum atomic E-state index is -0.299. The van der Waals surface area contributed by atoms with Gasteiger partial charge < -0.3 is 5.11 Å². The van der Waals surface area contributed by atoms with Gasteiger partial charge in [0.25, 0.3) is 0 Å². The third kappa shape index (κ3) is 0.873. The molecule has 1 N–H and O–H groups in total. The second-order valence-electron chi connectivity index (χ2n) is 1.66. The highest BCUT2D eigenvalue weighted by Crippen LogP contribution is 2.05. The van der Waals surface area contributed by atoms with Gasteiger partial charge in [-0.3, -0.25) is 4.57 Å². The number of halogens is 1. The minimum absolute atomic E-state index is 0.0949. The lowest BCUT2D eigenvalue weighted by atomic mass is 10.8. The summed E-state index contributed by atoms with van der Waals surface area (Å²) in [6.45, 7) is 0. The molecular formula is C4H5BrN2O2. The molecule has 4 nitrogen and oxygen atoms in total. The van der Waals surface area contributed by atoms with Crippen molar-refractivity contribution >= 4 is 16.1 Å². The number of nitrogens with zero attached hydrogens (tertiary/aromatic N) is 2. The van der Waals surface area contributed by atoms with Gasteiger partial charge in [0.2, 0.25) is 5.88 Å². The molecule has 50 valence electrons. The maximum atomic E-state index is 10.7. The Morgan fingerprint density at radius 1 is 1.78 bits per heavy atom. The average Bonchev–Trinajstić information content (AvgIpc) is 1.98. The molecule has 0 fully saturated rings. The fourth-order valence-corrected chi connectivity index (χ4v) is 0.857. The molecule has 1 aromatic rings. The van der Waals surface area contributed by atoms with Crippen molar-refractivity contribution in [3.05, 3.63) is 16.7 Å². The Morgan fingerprint density at radius 2 is 2.33 bits per heavy atom. The lowest BCUT2D eigenvalue weighted by Crippen LogP contribution is -2.15. The van der Waals surface area contributed by atoms with E-state index < -0.39 is 0 Å². The second kappa shape index (κ2) is 1.91. The highest BCUT2D eigenvalue weighted by atomic mass is 79.9. The van der Waals surface area contributed by atoms with Gasteiger partial charge in [-0.25, -0.2) is 4.79 Å². The van der Waals surface area contributed by atoms with Crippen LogP contribution in [0.4, 0.5) is 0 Å². The fraction of sp³-hybridized carbons (Fsp3) is 0.250. The molecule has 0 aliphatic heterocycles. The summed E-state index contributed by atoms with van der Waals surface area (Å²) >= 11 is 2.83. The maximum Gasteiger partial charge on any atom is 0.341 e. The summed E-state index contributed by atoms with van der Waals surface area (Å²) in [6, 6.07) is 0. The van der Waals surface area contributed by atoms with Crippen LogP contribution in [0.15, 0.2) is 11.0 Å². The molecule has 1 heterocycles. The SMILES string of the molecule is Cn1cc(O)n(Br)c1=O. The van der Waals surface area contributed by atoms with Crippen LogP contribution >= 0.6 is 16.1 Å². The van der Waals surface area contributed by atoms with Gasteiger partial charge >= 0.3 is 5.69 Å². The summed E-state index contributed by atoms with van der Waals surface area (Å²) in [5.74, 6) is -0.0949. The Kier molecular flexibility index (Phi) is 1.36. The third-order valence-electron chi connectivity index (χ3n) is 0.980. The van der Waals surface area contributed by atoms with E-state index in [1.807, 2.05) is 0 Å². The van der Waals surface area contributed by atoms with Crippen molar-refractivity contribution < 1.29 is 5.11 Å². The van der Waals surface area contributed by atoms with E-state index in [1.165, 1.54) is 10.8 Å². The Labute approximate surface area is 59.7 Å². The van der Waals surface area contributed by atoms with E-state index in [2.05, 4.69) is 16.1 Å². The molecule has 0 spiro atoms. The van der Waals surface area contributed by atoms with E-state index in [-0.39, 0.29) is 11.6 Å². The standard InChI is InChI=1S/C4H5BrN2O2/c1-6-2-3(8)7(5)4(6)9/h2,8H,1H3. The lowest BCUT2D eigenvalue weighted by molar-refractivity contribution is 0.451. The van der Waals surface area contributed by atoms with Crippen LogP contribution in [0.5, 0.6) is 5.88 Å². The van der Waals surface area contributed by atoms with Gasteiger partial charge in [0, 0.05) is 7.05 Å². The predicted octanol–water partition coefficient (Wildman–Crippen LogP) is 0.0504. The number of aromatic nitrogens is 2. The Balaban J connectivity index is 3.48. The van der Waals surface area contributed by atoms with Crippen molar-refractivity contribution in [1.29, 1.82) is 0 Å². The van der Waals surface area contributed by atoms with E-state index in [9.17, 15) is 4.79 Å². The Bertz CT molecular complexity index is 275. The Morgan fingerprint density at radius 3 is 2.44 bits per heavy atom. The molecule has 9 heavy (non-hydrogen) atoms.